The Morgan fingerprint density at radius 1 is 0.950 bits per heavy atom. The molecule has 1 heterocycles. The Balaban J connectivity index is 0.000000333. The zero-order valence-electron chi connectivity index (χ0n) is 13.2. The van der Waals surface area contributed by atoms with Gasteiger partial charge in [0.2, 0.25) is 0 Å². The van der Waals surface area contributed by atoms with Crippen molar-refractivity contribution in [2.24, 2.45) is 0 Å². The van der Waals surface area contributed by atoms with Gasteiger partial charge in [-0.25, -0.2) is 0 Å². The molecule has 1 aromatic rings. The summed E-state index contributed by atoms with van der Waals surface area (Å²) < 4.78 is 0. The third kappa shape index (κ3) is 6.69. The highest BCUT2D eigenvalue weighted by Gasteiger charge is 2.05. The van der Waals surface area contributed by atoms with Crippen LogP contribution in [0.4, 0.5) is 0 Å². The van der Waals surface area contributed by atoms with E-state index in [9.17, 15) is 5.11 Å². The Kier molecular flexibility index (Phi) is 9.65. The van der Waals surface area contributed by atoms with Gasteiger partial charge in [0, 0.05) is 0 Å². The zero-order chi connectivity index (χ0) is 14.6. The average Bonchev–Trinajstić information content (AvgIpc) is 3.04. The van der Waals surface area contributed by atoms with Crippen LogP contribution < -0.4 is 0 Å². The predicted molar refractivity (Wildman–Crippen MR) is 91.9 cm³/mol. The summed E-state index contributed by atoms with van der Waals surface area (Å²) in [7, 11) is 0. The fourth-order valence-electron chi connectivity index (χ4n) is 2.29. The third-order valence-corrected chi connectivity index (χ3v) is 4.78. The van der Waals surface area contributed by atoms with Crippen LogP contribution in [0.2, 0.25) is 0 Å². The predicted octanol–water partition coefficient (Wildman–Crippen LogP) is 5.59. The van der Waals surface area contributed by atoms with E-state index in [1.54, 1.807) is 0 Å². The minimum absolute atomic E-state index is 0.541. The Morgan fingerprint density at radius 3 is 1.80 bits per heavy atom. The molecule has 20 heavy (non-hydrogen) atoms. The number of rotatable bonds is 6. The summed E-state index contributed by atoms with van der Waals surface area (Å²) in [6, 6.07) is 6.15. The maximum Gasteiger partial charge on any atom is 0.121 e. The summed E-state index contributed by atoms with van der Waals surface area (Å²) in [5.74, 6) is 3.37. The van der Waals surface area contributed by atoms with Gasteiger partial charge >= 0.3 is 0 Å². The molecule has 114 valence electrons. The molecule has 0 aromatic heterocycles. The van der Waals surface area contributed by atoms with E-state index in [0.717, 1.165) is 36.8 Å². The van der Waals surface area contributed by atoms with Crippen molar-refractivity contribution in [1.82, 2.24) is 0 Å². The molecular weight excluding hydrogens is 264 g/mol. The van der Waals surface area contributed by atoms with E-state index < -0.39 is 0 Å². The zero-order valence-corrected chi connectivity index (χ0v) is 14.0. The van der Waals surface area contributed by atoms with Crippen LogP contribution in [0.25, 0.3) is 0 Å². The van der Waals surface area contributed by atoms with E-state index in [1.807, 2.05) is 12.1 Å². The van der Waals surface area contributed by atoms with Gasteiger partial charge in [0.05, 0.1) is 0 Å². The number of unbranched alkanes of at least 4 members (excludes halogenated alkanes) is 2. The van der Waals surface area contributed by atoms with Crippen molar-refractivity contribution in [3.8, 4) is 5.75 Å². The Morgan fingerprint density at radius 2 is 1.45 bits per heavy atom. The summed E-state index contributed by atoms with van der Waals surface area (Å²) >= 11 is 2.07. The summed E-state index contributed by atoms with van der Waals surface area (Å²) in [6.07, 6.45) is 9.60. The van der Waals surface area contributed by atoms with Crippen molar-refractivity contribution in [1.29, 1.82) is 0 Å². The summed E-state index contributed by atoms with van der Waals surface area (Å²) in [5.41, 5.74) is 2.23. The van der Waals surface area contributed by atoms with Gasteiger partial charge in [0.25, 0.3) is 0 Å². The average molecular weight is 295 g/mol. The molecule has 0 unspecified atom stereocenters. The summed E-state index contributed by atoms with van der Waals surface area (Å²) in [6.45, 7) is 4.36. The van der Waals surface area contributed by atoms with Crippen LogP contribution in [0.15, 0.2) is 18.2 Å². The van der Waals surface area contributed by atoms with E-state index >= 15 is 0 Å². The smallest absolute Gasteiger partial charge is 0.121 e. The Bertz CT molecular complexity index is 325. The van der Waals surface area contributed by atoms with E-state index in [1.165, 1.54) is 37.2 Å². The van der Waals surface area contributed by atoms with Gasteiger partial charge in [-0.3, -0.25) is 0 Å². The second-order valence-electron chi connectivity index (χ2n) is 5.45. The van der Waals surface area contributed by atoms with Gasteiger partial charge in [-0.15, -0.1) is 0 Å². The number of thioether (sulfide) groups is 1. The first-order valence-electron chi connectivity index (χ1n) is 8.17. The van der Waals surface area contributed by atoms with E-state index in [2.05, 4.69) is 31.7 Å². The Labute approximate surface area is 129 Å². The van der Waals surface area contributed by atoms with E-state index in [-0.39, 0.29) is 0 Å². The van der Waals surface area contributed by atoms with Crippen LogP contribution in [0, 0.1) is 0 Å². The SMILES string of the molecule is C1CCSC1.CCCCc1cccc(CCCC)c1O. The molecule has 1 fully saturated rings. The highest BCUT2D eigenvalue weighted by Crippen LogP contribution is 2.25. The molecule has 0 amide bonds. The number of hydrogen-bond acceptors (Lipinski definition) is 2. The molecule has 0 saturated carbocycles. The fourth-order valence-corrected chi connectivity index (χ4v) is 3.31. The quantitative estimate of drug-likeness (QED) is 0.738. The lowest BCUT2D eigenvalue weighted by Gasteiger charge is -2.08. The van der Waals surface area contributed by atoms with Crippen molar-refractivity contribution in [3.63, 3.8) is 0 Å². The van der Waals surface area contributed by atoms with Crippen molar-refractivity contribution in [3.05, 3.63) is 29.3 Å². The molecule has 1 saturated heterocycles. The van der Waals surface area contributed by atoms with Crippen molar-refractivity contribution in [2.75, 3.05) is 11.5 Å². The molecule has 0 aliphatic carbocycles. The van der Waals surface area contributed by atoms with Gasteiger partial charge in [0.15, 0.2) is 0 Å². The van der Waals surface area contributed by atoms with Crippen LogP contribution in [-0.2, 0) is 12.8 Å². The number of aromatic hydroxyl groups is 1. The number of phenolic OH excluding ortho intramolecular Hbond substituents is 1. The molecule has 1 aliphatic rings. The molecule has 0 bridgehead atoms. The van der Waals surface area contributed by atoms with Gasteiger partial charge in [-0.05, 0) is 61.2 Å². The second-order valence-corrected chi connectivity index (χ2v) is 6.68. The lowest BCUT2D eigenvalue weighted by Crippen LogP contribution is -1.91. The molecule has 0 atom stereocenters. The van der Waals surface area contributed by atoms with Crippen molar-refractivity contribution >= 4 is 11.8 Å². The molecule has 2 rings (SSSR count). The highest BCUT2D eigenvalue weighted by molar-refractivity contribution is 7.99. The molecule has 0 spiro atoms. The largest absolute Gasteiger partial charge is 0.507 e. The molecule has 1 aliphatic heterocycles. The van der Waals surface area contributed by atoms with Gasteiger partial charge in [-0.1, -0.05) is 44.9 Å². The molecule has 1 nitrogen and oxygen atoms in total. The van der Waals surface area contributed by atoms with Crippen LogP contribution in [0.5, 0.6) is 5.75 Å². The van der Waals surface area contributed by atoms with Crippen LogP contribution >= 0.6 is 11.8 Å². The highest BCUT2D eigenvalue weighted by atomic mass is 32.2. The number of hydrogen-bond donors (Lipinski definition) is 1. The molecule has 2 heteroatoms. The third-order valence-electron chi connectivity index (χ3n) is 3.63. The number of aryl methyl sites for hydroxylation is 2. The van der Waals surface area contributed by atoms with Crippen LogP contribution in [0.1, 0.15) is 63.5 Å². The fraction of sp³-hybridized carbons (Fsp3) is 0.667. The first kappa shape index (κ1) is 17.4. The van der Waals surface area contributed by atoms with Gasteiger partial charge in [0.1, 0.15) is 5.75 Å². The maximum atomic E-state index is 10.0. The molecule has 1 N–H and O–H groups in total. The maximum absolute atomic E-state index is 10.0. The second kappa shape index (κ2) is 11.1. The van der Waals surface area contributed by atoms with Gasteiger partial charge < -0.3 is 5.11 Å². The first-order valence-corrected chi connectivity index (χ1v) is 9.32. The normalized spacial score (nSPS) is 13.9. The lowest BCUT2D eigenvalue weighted by molar-refractivity contribution is 0.458. The Hall–Kier alpha value is -0.630. The molecule has 0 radical (unpaired) electrons. The van der Waals surface area contributed by atoms with E-state index in [0.29, 0.717) is 5.75 Å². The standard InChI is InChI=1S/C14H22O.C4H8S/c1-3-5-8-12-10-7-11-13(14(12)15)9-6-4-2;1-2-4-5-3-1/h7,10-11,15H,3-6,8-9H2,1-2H3;1-4H2. The summed E-state index contributed by atoms with van der Waals surface area (Å²) in [4.78, 5) is 0. The minimum Gasteiger partial charge on any atom is -0.507 e. The first-order chi connectivity index (χ1) is 9.79. The van der Waals surface area contributed by atoms with E-state index in [4.69, 9.17) is 0 Å². The lowest BCUT2D eigenvalue weighted by atomic mass is 10.0. The number of benzene rings is 1. The van der Waals surface area contributed by atoms with Crippen molar-refractivity contribution < 1.29 is 5.11 Å². The molecular formula is C18H30OS. The summed E-state index contributed by atoms with van der Waals surface area (Å²) in [5, 5.41) is 10.0. The molecule has 1 aromatic carbocycles. The monoisotopic (exact) mass is 294 g/mol. The minimum atomic E-state index is 0.541. The number of phenols is 1. The van der Waals surface area contributed by atoms with Crippen LogP contribution in [-0.4, -0.2) is 16.6 Å². The number of para-hydroxylation sites is 1. The van der Waals surface area contributed by atoms with Crippen molar-refractivity contribution in [2.45, 2.75) is 65.2 Å². The van der Waals surface area contributed by atoms with Gasteiger partial charge in [-0.2, -0.15) is 11.8 Å². The topological polar surface area (TPSA) is 20.2 Å². The van der Waals surface area contributed by atoms with Crippen LogP contribution in [0.3, 0.4) is 0 Å².